The van der Waals surface area contributed by atoms with Crippen LogP contribution in [-0.2, 0) is 14.3 Å². The molecule has 1 atom stereocenters. The van der Waals surface area contributed by atoms with E-state index in [9.17, 15) is 19.2 Å². The zero-order chi connectivity index (χ0) is 23.7. The number of ketones is 1. The monoisotopic (exact) mass is 440 g/mol. The molecule has 0 spiro atoms. The van der Waals surface area contributed by atoms with E-state index in [0.717, 1.165) is 0 Å². The molecule has 8 heteroatoms. The maximum atomic E-state index is 12.5. The molecule has 0 aliphatic rings. The summed E-state index contributed by atoms with van der Waals surface area (Å²) in [6.07, 6.45) is 0. The second kappa shape index (κ2) is 11.6. The second-order valence-corrected chi connectivity index (χ2v) is 7.44. The summed E-state index contributed by atoms with van der Waals surface area (Å²) in [4.78, 5) is 48.5. The van der Waals surface area contributed by atoms with E-state index in [1.807, 2.05) is 6.92 Å². The fraction of sp³-hybridized carbons (Fsp3) is 0.333. The number of hydrogen-bond donors (Lipinski definition) is 2. The first-order valence-corrected chi connectivity index (χ1v) is 10.3. The lowest BCUT2D eigenvalue weighted by atomic mass is 10.0. The SMILES string of the molecule is CCOc1ccc(C(=O)NC(C(=O)OCC(=O)c2ccc(NC(C)=O)cc2)C(C)C)cc1. The fourth-order valence-electron chi connectivity index (χ4n) is 2.84. The van der Waals surface area contributed by atoms with Crippen molar-refractivity contribution in [2.75, 3.05) is 18.5 Å². The van der Waals surface area contributed by atoms with Crippen LogP contribution in [0.1, 0.15) is 48.4 Å². The van der Waals surface area contributed by atoms with Crippen LogP contribution >= 0.6 is 0 Å². The van der Waals surface area contributed by atoms with Gasteiger partial charge >= 0.3 is 5.97 Å². The first kappa shape index (κ1) is 24.6. The highest BCUT2D eigenvalue weighted by atomic mass is 16.5. The Hall–Kier alpha value is -3.68. The fourth-order valence-corrected chi connectivity index (χ4v) is 2.84. The summed E-state index contributed by atoms with van der Waals surface area (Å²) in [5.41, 5.74) is 1.27. The number of hydrogen-bond acceptors (Lipinski definition) is 6. The minimum absolute atomic E-state index is 0.218. The quantitative estimate of drug-likeness (QED) is 0.434. The first-order valence-electron chi connectivity index (χ1n) is 10.3. The summed E-state index contributed by atoms with van der Waals surface area (Å²) in [6.45, 7) is 6.86. The number of nitrogens with one attached hydrogen (secondary N) is 2. The summed E-state index contributed by atoms with van der Waals surface area (Å²) >= 11 is 0. The van der Waals surface area contributed by atoms with Crippen LogP contribution < -0.4 is 15.4 Å². The van der Waals surface area contributed by atoms with Gasteiger partial charge in [0.1, 0.15) is 11.8 Å². The molecule has 2 rings (SSSR count). The van der Waals surface area contributed by atoms with Crippen molar-refractivity contribution in [3.63, 3.8) is 0 Å². The number of esters is 1. The molecule has 170 valence electrons. The van der Waals surface area contributed by atoms with Crippen LogP contribution in [0.2, 0.25) is 0 Å². The Balaban J connectivity index is 1.95. The minimum Gasteiger partial charge on any atom is -0.494 e. The Labute approximate surface area is 187 Å². The van der Waals surface area contributed by atoms with Crippen molar-refractivity contribution >= 4 is 29.3 Å². The summed E-state index contributed by atoms with van der Waals surface area (Å²) in [7, 11) is 0. The molecule has 2 aromatic rings. The van der Waals surface area contributed by atoms with Crippen LogP contribution in [0.15, 0.2) is 48.5 Å². The molecule has 2 amide bonds. The number of amides is 2. The third-order valence-electron chi connectivity index (χ3n) is 4.51. The maximum Gasteiger partial charge on any atom is 0.329 e. The number of carbonyl (C=O) groups excluding carboxylic acids is 4. The molecule has 1 unspecified atom stereocenters. The molecule has 0 aliphatic carbocycles. The molecule has 2 aromatic carbocycles. The molecule has 0 bridgehead atoms. The Morgan fingerprint density at radius 2 is 1.50 bits per heavy atom. The standard InChI is InChI=1S/C24H28N2O6/c1-5-31-20-12-8-18(9-13-20)23(29)26-22(15(2)3)24(30)32-14-21(28)17-6-10-19(11-7-17)25-16(4)27/h6-13,15,22H,5,14H2,1-4H3,(H,25,27)(H,26,29). The summed E-state index contributed by atoms with van der Waals surface area (Å²) < 4.78 is 10.5. The van der Waals surface area contributed by atoms with Gasteiger partial charge < -0.3 is 20.1 Å². The summed E-state index contributed by atoms with van der Waals surface area (Å²) in [5, 5.41) is 5.27. The average Bonchev–Trinajstić information content (AvgIpc) is 2.76. The normalized spacial score (nSPS) is 11.4. The molecule has 8 nitrogen and oxygen atoms in total. The minimum atomic E-state index is -0.913. The molecule has 0 fully saturated rings. The van der Waals surface area contributed by atoms with Gasteiger partial charge in [0, 0.05) is 23.7 Å². The van der Waals surface area contributed by atoms with Gasteiger partial charge in [-0.2, -0.15) is 0 Å². The van der Waals surface area contributed by atoms with E-state index in [4.69, 9.17) is 9.47 Å². The summed E-state index contributed by atoms with van der Waals surface area (Å²) in [5.74, 6) is -1.34. The predicted molar refractivity (Wildman–Crippen MR) is 120 cm³/mol. The molecule has 0 aliphatic heterocycles. The number of carbonyl (C=O) groups is 4. The Bertz CT molecular complexity index is 951. The van der Waals surface area contributed by atoms with Crippen molar-refractivity contribution in [3.05, 3.63) is 59.7 Å². The van der Waals surface area contributed by atoms with E-state index in [1.165, 1.54) is 19.1 Å². The number of benzene rings is 2. The second-order valence-electron chi connectivity index (χ2n) is 7.44. The number of ether oxygens (including phenoxy) is 2. The lowest BCUT2D eigenvalue weighted by molar-refractivity contribution is -0.146. The third kappa shape index (κ3) is 7.23. The zero-order valence-corrected chi connectivity index (χ0v) is 18.6. The van der Waals surface area contributed by atoms with E-state index >= 15 is 0 Å². The van der Waals surface area contributed by atoms with Crippen molar-refractivity contribution in [2.24, 2.45) is 5.92 Å². The summed E-state index contributed by atoms with van der Waals surface area (Å²) in [6, 6.07) is 11.9. The topological polar surface area (TPSA) is 111 Å². The largest absolute Gasteiger partial charge is 0.494 e. The van der Waals surface area contributed by atoms with Gasteiger partial charge in [0.05, 0.1) is 6.61 Å². The predicted octanol–water partition coefficient (Wildman–Crippen LogP) is 3.22. The third-order valence-corrected chi connectivity index (χ3v) is 4.51. The highest BCUT2D eigenvalue weighted by Gasteiger charge is 2.27. The van der Waals surface area contributed by atoms with Gasteiger partial charge in [0.25, 0.3) is 5.91 Å². The number of anilines is 1. The van der Waals surface area contributed by atoms with Gasteiger partial charge in [-0.3, -0.25) is 14.4 Å². The van der Waals surface area contributed by atoms with E-state index in [0.29, 0.717) is 29.2 Å². The van der Waals surface area contributed by atoms with E-state index in [1.54, 1.807) is 50.2 Å². The van der Waals surface area contributed by atoms with Crippen LogP contribution in [-0.4, -0.2) is 42.8 Å². The van der Waals surface area contributed by atoms with Gasteiger partial charge in [-0.1, -0.05) is 13.8 Å². The zero-order valence-electron chi connectivity index (χ0n) is 18.6. The molecule has 0 heterocycles. The van der Waals surface area contributed by atoms with Crippen LogP contribution in [0.4, 0.5) is 5.69 Å². The van der Waals surface area contributed by atoms with Crippen LogP contribution in [0.3, 0.4) is 0 Å². The molecule has 2 N–H and O–H groups in total. The molecular weight excluding hydrogens is 412 g/mol. The average molecular weight is 440 g/mol. The molecule has 0 aromatic heterocycles. The first-order chi connectivity index (χ1) is 15.2. The van der Waals surface area contributed by atoms with Gasteiger partial charge in [-0.25, -0.2) is 4.79 Å². The molecule has 0 saturated heterocycles. The van der Waals surface area contributed by atoms with Crippen LogP contribution in [0.25, 0.3) is 0 Å². The van der Waals surface area contributed by atoms with Crippen molar-refractivity contribution < 1.29 is 28.7 Å². The smallest absolute Gasteiger partial charge is 0.329 e. The highest BCUT2D eigenvalue weighted by molar-refractivity contribution is 6.00. The molecule has 32 heavy (non-hydrogen) atoms. The Morgan fingerprint density at radius 1 is 0.906 bits per heavy atom. The van der Waals surface area contributed by atoms with E-state index < -0.39 is 30.3 Å². The van der Waals surface area contributed by atoms with E-state index in [-0.39, 0.29) is 11.8 Å². The lowest BCUT2D eigenvalue weighted by Gasteiger charge is -2.21. The van der Waals surface area contributed by atoms with Gasteiger partial charge in [-0.05, 0) is 61.4 Å². The van der Waals surface area contributed by atoms with Gasteiger partial charge in [0.2, 0.25) is 5.91 Å². The van der Waals surface area contributed by atoms with Crippen LogP contribution in [0, 0.1) is 5.92 Å². The Kier molecular flexibility index (Phi) is 8.95. The number of Topliss-reactive ketones (excluding diaryl/α,β-unsaturated/α-hetero) is 1. The highest BCUT2D eigenvalue weighted by Crippen LogP contribution is 2.14. The number of rotatable bonds is 10. The lowest BCUT2D eigenvalue weighted by Crippen LogP contribution is -2.45. The maximum absolute atomic E-state index is 12.5. The van der Waals surface area contributed by atoms with Crippen LogP contribution in [0.5, 0.6) is 5.75 Å². The molecule has 0 saturated carbocycles. The van der Waals surface area contributed by atoms with Crippen molar-refractivity contribution in [2.45, 2.75) is 33.7 Å². The Morgan fingerprint density at radius 3 is 2.03 bits per heavy atom. The van der Waals surface area contributed by atoms with Gasteiger partial charge in [-0.15, -0.1) is 0 Å². The van der Waals surface area contributed by atoms with Crippen molar-refractivity contribution in [1.82, 2.24) is 5.32 Å². The van der Waals surface area contributed by atoms with Gasteiger partial charge in [0.15, 0.2) is 12.4 Å². The van der Waals surface area contributed by atoms with Crippen molar-refractivity contribution in [1.29, 1.82) is 0 Å². The molecule has 0 radical (unpaired) electrons. The van der Waals surface area contributed by atoms with E-state index in [2.05, 4.69) is 10.6 Å². The van der Waals surface area contributed by atoms with Crippen molar-refractivity contribution in [3.8, 4) is 5.75 Å². The molecular formula is C24H28N2O6.